The molecule has 0 saturated heterocycles. The van der Waals surface area contributed by atoms with E-state index in [4.69, 9.17) is 10.5 Å². The molecule has 1 amide bonds. The summed E-state index contributed by atoms with van der Waals surface area (Å²) < 4.78 is 29.5. The van der Waals surface area contributed by atoms with Gasteiger partial charge in [-0.2, -0.15) is 0 Å². The lowest BCUT2D eigenvalue weighted by atomic mass is 9.94. The van der Waals surface area contributed by atoms with Crippen molar-refractivity contribution in [1.29, 1.82) is 0 Å². The fourth-order valence-corrected chi connectivity index (χ4v) is 3.47. The van der Waals surface area contributed by atoms with Crippen molar-refractivity contribution in [2.24, 2.45) is 11.1 Å². The molecule has 0 aliphatic rings. The van der Waals surface area contributed by atoms with Crippen molar-refractivity contribution in [3.05, 3.63) is 29.8 Å². The average Bonchev–Trinajstić information content (AvgIpc) is 2.42. The Morgan fingerprint density at radius 1 is 1.12 bits per heavy atom. The summed E-state index contributed by atoms with van der Waals surface area (Å²) in [5.41, 5.74) is 4.56. The molecule has 0 unspecified atom stereocenters. The van der Waals surface area contributed by atoms with E-state index in [9.17, 15) is 13.2 Å². The molecule has 0 fully saturated rings. The van der Waals surface area contributed by atoms with Crippen LogP contribution in [0.1, 0.15) is 46.6 Å². The maximum Gasteiger partial charge on any atom is 0.406 e. The largest absolute Gasteiger partial charge is 0.430 e. The van der Waals surface area contributed by atoms with Crippen LogP contribution in [0.3, 0.4) is 0 Å². The third-order valence-corrected chi connectivity index (χ3v) is 4.93. The van der Waals surface area contributed by atoms with E-state index in [0.717, 1.165) is 0 Å². The number of carbonyl (C=O) groups is 1. The summed E-state index contributed by atoms with van der Waals surface area (Å²) in [7, 11) is -3.30. The molecule has 0 aliphatic heterocycles. The number of rotatable bonds is 4. The Morgan fingerprint density at radius 3 is 2.12 bits per heavy atom. The van der Waals surface area contributed by atoms with Crippen molar-refractivity contribution < 1.29 is 17.9 Å². The fourth-order valence-electron chi connectivity index (χ4n) is 1.80. The van der Waals surface area contributed by atoms with Gasteiger partial charge in [-0.05, 0) is 49.9 Å². The first kappa shape index (κ1) is 20.0. The molecule has 1 aromatic rings. The average molecular weight is 351 g/mol. The summed E-state index contributed by atoms with van der Waals surface area (Å²) >= 11 is 0. The predicted molar refractivity (Wildman–Crippen MR) is 94.2 cm³/mol. The highest BCUT2D eigenvalue weighted by molar-refractivity contribution is 7.91. The van der Waals surface area contributed by atoms with Gasteiger partial charge < -0.3 is 10.5 Å². The second kappa shape index (κ2) is 7.27. The summed E-state index contributed by atoms with van der Waals surface area (Å²) in [5, 5.41) is 0. The van der Waals surface area contributed by atoms with E-state index in [1.165, 1.54) is 0 Å². The molecule has 0 radical (unpaired) electrons. The van der Waals surface area contributed by atoms with Gasteiger partial charge in [-0.1, -0.05) is 32.6 Å². The Bertz CT molecular complexity index is 745. The molecule has 5 nitrogen and oxygen atoms in total. The van der Waals surface area contributed by atoms with E-state index < -0.39 is 21.5 Å². The minimum absolute atomic E-state index is 0.0372. The summed E-state index contributed by atoms with van der Waals surface area (Å²) in [6, 6.07) is 6.36. The Balaban J connectivity index is 2.89. The maximum atomic E-state index is 12.3. The summed E-state index contributed by atoms with van der Waals surface area (Å²) in [4.78, 5) is 11.1. The van der Waals surface area contributed by atoms with Crippen molar-refractivity contribution in [1.82, 2.24) is 0 Å². The number of hydrogen-bond acceptors (Lipinski definition) is 4. The van der Waals surface area contributed by atoms with Crippen LogP contribution in [0.25, 0.3) is 0 Å². The first-order chi connectivity index (χ1) is 10.8. The fraction of sp³-hybridized carbons (Fsp3) is 0.500. The van der Waals surface area contributed by atoms with Crippen LogP contribution in [0.15, 0.2) is 29.2 Å². The van der Waals surface area contributed by atoms with Crippen LogP contribution in [0, 0.1) is 17.3 Å². The minimum Gasteiger partial charge on any atom is -0.430 e. The molecule has 24 heavy (non-hydrogen) atoms. The van der Waals surface area contributed by atoms with Crippen LogP contribution < -0.4 is 5.73 Å². The zero-order chi connectivity index (χ0) is 18.6. The van der Waals surface area contributed by atoms with E-state index >= 15 is 0 Å². The number of ether oxygens (including phenoxy) is 1. The van der Waals surface area contributed by atoms with Gasteiger partial charge >= 0.3 is 6.09 Å². The number of carbonyl (C=O) groups excluding carboxylic acids is 1. The van der Waals surface area contributed by atoms with Crippen LogP contribution in [0.5, 0.6) is 0 Å². The summed E-state index contributed by atoms with van der Waals surface area (Å²) in [5.74, 6) is 5.75. The van der Waals surface area contributed by atoms with Crippen LogP contribution in [0.4, 0.5) is 4.79 Å². The third-order valence-electron chi connectivity index (χ3n) is 3.20. The number of hydrogen-bond donors (Lipinski definition) is 1. The second-order valence-electron chi connectivity index (χ2n) is 7.34. The van der Waals surface area contributed by atoms with Crippen LogP contribution in [-0.2, 0) is 14.6 Å². The van der Waals surface area contributed by atoms with E-state index in [1.807, 2.05) is 20.8 Å². The molecule has 132 valence electrons. The summed E-state index contributed by atoms with van der Waals surface area (Å²) in [6.45, 7) is 9.28. The van der Waals surface area contributed by atoms with E-state index in [0.29, 0.717) is 12.0 Å². The van der Waals surface area contributed by atoms with Crippen molar-refractivity contribution >= 4 is 15.9 Å². The lowest BCUT2D eigenvalue weighted by molar-refractivity contribution is 0.0865. The van der Waals surface area contributed by atoms with Crippen LogP contribution in [-0.4, -0.2) is 25.9 Å². The molecule has 1 aromatic carbocycles. The minimum atomic E-state index is -3.30. The van der Waals surface area contributed by atoms with Gasteiger partial charge in [0, 0.05) is 5.56 Å². The number of primary amides is 1. The highest BCUT2D eigenvalue weighted by Gasteiger charge is 2.20. The van der Waals surface area contributed by atoms with Crippen molar-refractivity contribution in [2.45, 2.75) is 51.5 Å². The molecule has 6 heteroatoms. The predicted octanol–water partition coefficient (Wildman–Crippen LogP) is 3.12. The van der Waals surface area contributed by atoms with Gasteiger partial charge in [0.2, 0.25) is 0 Å². The van der Waals surface area contributed by atoms with Gasteiger partial charge in [0.05, 0.1) is 10.6 Å². The lowest BCUT2D eigenvalue weighted by Crippen LogP contribution is -2.29. The van der Waals surface area contributed by atoms with E-state index in [-0.39, 0.29) is 16.1 Å². The molecule has 0 spiro atoms. The van der Waals surface area contributed by atoms with Gasteiger partial charge in [0.15, 0.2) is 15.4 Å². The number of benzene rings is 1. The zero-order valence-electron chi connectivity index (χ0n) is 14.8. The highest BCUT2D eigenvalue weighted by atomic mass is 32.2. The van der Waals surface area contributed by atoms with Crippen molar-refractivity contribution in [3.8, 4) is 11.8 Å². The van der Waals surface area contributed by atoms with Gasteiger partial charge in [-0.25, -0.2) is 13.2 Å². The highest BCUT2D eigenvalue weighted by Crippen LogP contribution is 2.22. The Labute approximate surface area is 144 Å². The topological polar surface area (TPSA) is 86.5 Å². The van der Waals surface area contributed by atoms with Crippen molar-refractivity contribution in [3.63, 3.8) is 0 Å². The quantitative estimate of drug-likeness (QED) is 0.844. The third kappa shape index (κ3) is 7.05. The van der Waals surface area contributed by atoms with Gasteiger partial charge in [0.1, 0.15) is 0 Å². The molecular weight excluding hydrogens is 326 g/mol. The first-order valence-corrected chi connectivity index (χ1v) is 9.30. The van der Waals surface area contributed by atoms with Gasteiger partial charge in [-0.15, -0.1) is 0 Å². The Hall–Kier alpha value is -2.00. The zero-order valence-corrected chi connectivity index (χ0v) is 15.7. The lowest BCUT2D eigenvalue weighted by Gasteiger charge is -2.17. The van der Waals surface area contributed by atoms with Crippen LogP contribution in [0.2, 0.25) is 0 Å². The number of amides is 1. The molecule has 0 bridgehead atoms. The Kier molecular flexibility index (Phi) is 6.07. The molecule has 1 rings (SSSR count). The smallest absolute Gasteiger partial charge is 0.406 e. The SMILES string of the molecule is CC(C)(C)CCS(=O)(=O)c1ccc(C#CC(C)(C)OC(N)=O)cc1. The van der Waals surface area contributed by atoms with E-state index in [1.54, 1.807) is 38.1 Å². The molecule has 0 aliphatic carbocycles. The van der Waals surface area contributed by atoms with E-state index in [2.05, 4.69) is 11.8 Å². The molecule has 0 heterocycles. The standard InChI is InChI=1S/C18H25NO4S/c1-17(2,3)12-13-24(21,22)15-8-6-14(7-9-15)10-11-18(4,5)23-16(19)20/h6-9H,12-13H2,1-5H3,(H2,19,20). The molecule has 2 N–H and O–H groups in total. The second-order valence-corrected chi connectivity index (χ2v) is 9.44. The summed E-state index contributed by atoms with van der Waals surface area (Å²) in [6.07, 6.45) is -0.301. The molecule has 0 aromatic heterocycles. The molecule has 0 saturated carbocycles. The molecule has 0 atom stereocenters. The number of nitrogens with two attached hydrogens (primary N) is 1. The van der Waals surface area contributed by atoms with Crippen LogP contribution >= 0.6 is 0 Å². The van der Waals surface area contributed by atoms with Crippen molar-refractivity contribution in [2.75, 3.05) is 5.75 Å². The monoisotopic (exact) mass is 351 g/mol. The molecular formula is C18H25NO4S. The normalized spacial score (nSPS) is 12.2. The van der Waals surface area contributed by atoms with Gasteiger partial charge in [-0.3, -0.25) is 0 Å². The first-order valence-electron chi connectivity index (χ1n) is 7.65. The maximum absolute atomic E-state index is 12.3. The van der Waals surface area contributed by atoms with Gasteiger partial charge in [0.25, 0.3) is 0 Å². The number of sulfone groups is 1. The Morgan fingerprint density at radius 2 is 1.67 bits per heavy atom.